The van der Waals surface area contributed by atoms with Crippen LogP contribution in [-0.2, 0) is 6.42 Å². The normalized spacial score (nSPS) is 12.4. The average Bonchev–Trinajstić information content (AvgIpc) is 2.41. The summed E-state index contributed by atoms with van der Waals surface area (Å²) in [4.78, 5) is 0. The second-order valence-corrected chi connectivity index (χ2v) is 5.53. The molecule has 1 unspecified atom stereocenters. The monoisotopic (exact) mass is 313 g/mol. The lowest BCUT2D eigenvalue weighted by Crippen LogP contribution is -2.19. The van der Waals surface area contributed by atoms with Crippen LogP contribution in [0.5, 0.6) is 0 Å². The molecule has 0 saturated carbocycles. The lowest BCUT2D eigenvalue weighted by Gasteiger charge is -2.18. The van der Waals surface area contributed by atoms with Crippen LogP contribution < -0.4 is 5.32 Å². The number of hydrogen-bond acceptors (Lipinski definition) is 1. The van der Waals surface area contributed by atoms with Crippen LogP contribution in [0.1, 0.15) is 17.2 Å². The summed E-state index contributed by atoms with van der Waals surface area (Å²) in [6.07, 6.45) is 0.800. The Hall–Kier alpha value is -0.730. The quantitative estimate of drug-likeness (QED) is 0.823. The zero-order valence-corrected chi connectivity index (χ0v) is 12.7. The van der Waals surface area contributed by atoms with Crippen molar-refractivity contribution in [3.05, 3.63) is 68.7 Å². The van der Waals surface area contributed by atoms with E-state index in [2.05, 4.69) is 5.32 Å². The Bertz CT molecular complexity index is 569. The largest absolute Gasteiger partial charge is 0.313 e. The minimum Gasteiger partial charge on any atom is -0.313 e. The third-order valence-corrected chi connectivity index (χ3v) is 4.18. The van der Waals surface area contributed by atoms with Gasteiger partial charge in [-0.05, 0) is 42.8 Å². The van der Waals surface area contributed by atoms with Gasteiger partial charge in [-0.2, -0.15) is 0 Å². The van der Waals surface area contributed by atoms with Crippen LogP contribution in [0.3, 0.4) is 0 Å². The molecule has 0 radical (unpaired) electrons. The Morgan fingerprint density at radius 2 is 1.68 bits per heavy atom. The first-order chi connectivity index (χ1) is 9.11. The van der Waals surface area contributed by atoms with Crippen molar-refractivity contribution < 1.29 is 0 Å². The van der Waals surface area contributed by atoms with Gasteiger partial charge in [-0.25, -0.2) is 0 Å². The lowest BCUT2D eigenvalue weighted by atomic mass is 9.99. The van der Waals surface area contributed by atoms with E-state index >= 15 is 0 Å². The maximum absolute atomic E-state index is 6.19. The summed E-state index contributed by atoms with van der Waals surface area (Å²) < 4.78 is 0. The predicted molar refractivity (Wildman–Crippen MR) is 83.4 cm³/mol. The molecule has 1 atom stereocenters. The van der Waals surface area contributed by atoms with Crippen LogP contribution in [0.2, 0.25) is 15.1 Å². The van der Waals surface area contributed by atoms with Crippen molar-refractivity contribution in [3.8, 4) is 0 Å². The van der Waals surface area contributed by atoms with Crippen LogP contribution >= 0.6 is 34.8 Å². The van der Waals surface area contributed by atoms with E-state index < -0.39 is 0 Å². The van der Waals surface area contributed by atoms with Crippen LogP contribution in [0, 0.1) is 0 Å². The summed E-state index contributed by atoms with van der Waals surface area (Å²) in [5.41, 5.74) is 2.20. The molecule has 0 aromatic heterocycles. The number of hydrogen-bond donors (Lipinski definition) is 1. The highest BCUT2D eigenvalue weighted by Gasteiger charge is 2.13. The molecular weight excluding hydrogens is 301 g/mol. The van der Waals surface area contributed by atoms with Crippen molar-refractivity contribution in [1.29, 1.82) is 0 Å². The van der Waals surface area contributed by atoms with Gasteiger partial charge in [0.1, 0.15) is 0 Å². The van der Waals surface area contributed by atoms with Crippen LogP contribution in [0.25, 0.3) is 0 Å². The third kappa shape index (κ3) is 3.64. The van der Waals surface area contributed by atoms with Gasteiger partial charge < -0.3 is 5.32 Å². The van der Waals surface area contributed by atoms with E-state index in [1.165, 1.54) is 0 Å². The van der Waals surface area contributed by atoms with E-state index in [9.17, 15) is 0 Å². The third-order valence-electron chi connectivity index (χ3n) is 3.08. The zero-order chi connectivity index (χ0) is 13.8. The number of benzene rings is 2. The standard InChI is InChI=1S/C15H14Cl3N/c1-19-15(9-10-4-2-3-5-12(10)16)11-6-7-13(17)14(18)8-11/h2-8,15,19H,9H2,1H3. The Balaban J connectivity index is 2.25. The first kappa shape index (κ1) is 14.7. The summed E-state index contributed by atoms with van der Waals surface area (Å²) in [7, 11) is 1.92. The second-order valence-electron chi connectivity index (χ2n) is 4.31. The molecule has 100 valence electrons. The molecule has 1 nitrogen and oxygen atoms in total. The maximum Gasteiger partial charge on any atom is 0.0595 e. The van der Waals surface area contributed by atoms with E-state index in [0.717, 1.165) is 22.6 Å². The molecule has 0 amide bonds. The fourth-order valence-electron chi connectivity index (χ4n) is 2.00. The number of halogens is 3. The highest BCUT2D eigenvalue weighted by atomic mass is 35.5. The van der Waals surface area contributed by atoms with Gasteiger partial charge in [0.2, 0.25) is 0 Å². The first-order valence-electron chi connectivity index (χ1n) is 5.97. The van der Waals surface area contributed by atoms with Gasteiger partial charge in [0, 0.05) is 11.1 Å². The summed E-state index contributed by atoms with van der Waals surface area (Å²) >= 11 is 18.2. The van der Waals surface area contributed by atoms with E-state index in [-0.39, 0.29) is 6.04 Å². The Kier molecular flexibility index (Phi) is 5.12. The van der Waals surface area contributed by atoms with Crippen LogP contribution in [0.15, 0.2) is 42.5 Å². The number of nitrogens with one attached hydrogen (secondary N) is 1. The van der Waals surface area contributed by atoms with E-state index in [4.69, 9.17) is 34.8 Å². The van der Waals surface area contributed by atoms with Crippen molar-refractivity contribution in [1.82, 2.24) is 5.32 Å². The van der Waals surface area contributed by atoms with E-state index in [0.29, 0.717) is 10.0 Å². The van der Waals surface area contributed by atoms with Crippen molar-refractivity contribution in [3.63, 3.8) is 0 Å². The molecule has 0 aliphatic rings. The minimum absolute atomic E-state index is 0.148. The molecule has 0 heterocycles. The minimum atomic E-state index is 0.148. The fraction of sp³-hybridized carbons (Fsp3) is 0.200. The molecule has 0 aliphatic heterocycles. The van der Waals surface area contributed by atoms with Crippen LogP contribution in [-0.4, -0.2) is 7.05 Å². The Morgan fingerprint density at radius 3 is 2.32 bits per heavy atom. The van der Waals surface area contributed by atoms with Crippen LogP contribution in [0.4, 0.5) is 0 Å². The molecule has 2 rings (SSSR count). The molecule has 0 spiro atoms. The average molecular weight is 315 g/mol. The maximum atomic E-state index is 6.19. The molecule has 0 fully saturated rings. The van der Waals surface area contributed by atoms with Crippen molar-refractivity contribution in [2.45, 2.75) is 12.5 Å². The molecule has 0 bridgehead atoms. The summed E-state index contributed by atoms with van der Waals surface area (Å²) in [5, 5.41) is 5.20. The molecule has 2 aromatic rings. The Morgan fingerprint density at radius 1 is 0.947 bits per heavy atom. The summed E-state index contributed by atoms with van der Waals surface area (Å²) in [6.45, 7) is 0. The number of likely N-dealkylation sites (N-methyl/N-ethyl adjacent to an activating group) is 1. The van der Waals surface area contributed by atoms with Gasteiger partial charge in [0.05, 0.1) is 10.0 Å². The van der Waals surface area contributed by atoms with Gasteiger partial charge in [0.15, 0.2) is 0 Å². The smallest absolute Gasteiger partial charge is 0.0595 e. The highest BCUT2D eigenvalue weighted by molar-refractivity contribution is 6.42. The predicted octanol–water partition coefficient (Wildman–Crippen LogP) is 5.15. The molecular formula is C15H14Cl3N. The van der Waals surface area contributed by atoms with Gasteiger partial charge in [-0.15, -0.1) is 0 Å². The zero-order valence-electron chi connectivity index (χ0n) is 10.5. The van der Waals surface area contributed by atoms with E-state index in [1.807, 2.05) is 49.5 Å². The van der Waals surface area contributed by atoms with E-state index in [1.54, 1.807) is 0 Å². The fourth-order valence-corrected chi connectivity index (χ4v) is 2.52. The number of rotatable bonds is 4. The second kappa shape index (κ2) is 6.62. The summed E-state index contributed by atoms with van der Waals surface area (Å²) in [5.74, 6) is 0. The summed E-state index contributed by atoms with van der Waals surface area (Å²) in [6, 6.07) is 13.7. The topological polar surface area (TPSA) is 12.0 Å². The van der Waals surface area contributed by atoms with Crippen molar-refractivity contribution in [2.75, 3.05) is 7.05 Å². The molecule has 0 aliphatic carbocycles. The molecule has 1 N–H and O–H groups in total. The highest BCUT2D eigenvalue weighted by Crippen LogP contribution is 2.28. The van der Waals surface area contributed by atoms with Gasteiger partial charge in [-0.1, -0.05) is 59.1 Å². The van der Waals surface area contributed by atoms with Crippen molar-refractivity contribution in [2.24, 2.45) is 0 Å². The molecule has 0 saturated heterocycles. The molecule has 4 heteroatoms. The Labute approximate surface area is 128 Å². The van der Waals surface area contributed by atoms with Crippen molar-refractivity contribution >= 4 is 34.8 Å². The van der Waals surface area contributed by atoms with Gasteiger partial charge >= 0.3 is 0 Å². The first-order valence-corrected chi connectivity index (χ1v) is 7.11. The molecule has 19 heavy (non-hydrogen) atoms. The van der Waals surface area contributed by atoms with Gasteiger partial charge in [0.25, 0.3) is 0 Å². The lowest BCUT2D eigenvalue weighted by molar-refractivity contribution is 0.592. The SMILES string of the molecule is CNC(Cc1ccccc1Cl)c1ccc(Cl)c(Cl)c1. The van der Waals surface area contributed by atoms with Gasteiger partial charge in [-0.3, -0.25) is 0 Å². The molecule has 2 aromatic carbocycles.